The van der Waals surface area contributed by atoms with Gasteiger partial charge >= 0.3 is 0 Å². The van der Waals surface area contributed by atoms with E-state index in [1.54, 1.807) is 17.0 Å². The van der Waals surface area contributed by atoms with Crippen LogP contribution in [0.25, 0.3) is 0 Å². The lowest BCUT2D eigenvalue weighted by Gasteiger charge is -2.33. The summed E-state index contributed by atoms with van der Waals surface area (Å²) in [4.78, 5) is 14.0. The number of carbonyl (C=O) groups excluding carboxylic acids is 1. The van der Waals surface area contributed by atoms with E-state index in [0.717, 1.165) is 37.7 Å². The van der Waals surface area contributed by atoms with E-state index in [2.05, 4.69) is 4.72 Å². The van der Waals surface area contributed by atoms with Crippen LogP contribution in [0.4, 0.5) is 0 Å². The van der Waals surface area contributed by atoms with Gasteiger partial charge in [-0.1, -0.05) is 6.07 Å². The summed E-state index contributed by atoms with van der Waals surface area (Å²) in [5.41, 5.74) is 2.41. The zero-order valence-electron chi connectivity index (χ0n) is 15.4. The summed E-state index contributed by atoms with van der Waals surface area (Å²) in [6.45, 7) is 3.43. The van der Waals surface area contributed by atoms with Crippen molar-refractivity contribution in [2.24, 2.45) is 0 Å². The van der Waals surface area contributed by atoms with Gasteiger partial charge in [0.15, 0.2) is 0 Å². The summed E-state index contributed by atoms with van der Waals surface area (Å²) in [6, 6.07) is 5.56. The normalized spacial score (nSPS) is 18.3. The monoisotopic (exact) mass is 380 g/mol. The van der Waals surface area contributed by atoms with Crippen LogP contribution < -0.4 is 4.72 Å². The van der Waals surface area contributed by atoms with Crippen molar-refractivity contribution in [3.63, 3.8) is 0 Å². The number of rotatable bonds is 6. The number of amides is 1. The highest BCUT2D eigenvalue weighted by atomic mass is 32.2. The Morgan fingerprint density at radius 2 is 1.88 bits per heavy atom. The number of hydrogen-bond donors (Lipinski definition) is 1. The Morgan fingerprint density at radius 3 is 2.58 bits per heavy atom. The first kappa shape index (κ1) is 19.3. The Hall–Kier alpha value is -1.44. The third-order valence-corrected chi connectivity index (χ3v) is 6.77. The van der Waals surface area contributed by atoms with Crippen molar-refractivity contribution in [1.29, 1.82) is 0 Å². The molecule has 1 aliphatic carbocycles. The predicted octanol–water partition coefficient (Wildman–Crippen LogP) is 1.87. The van der Waals surface area contributed by atoms with E-state index < -0.39 is 10.0 Å². The van der Waals surface area contributed by atoms with Gasteiger partial charge < -0.3 is 9.64 Å². The van der Waals surface area contributed by atoms with Gasteiger partial charge in [0.25, 0.3) is 0 Å². The highest BCUT2D eigenvalue weighted by Crippen LogP contribution is 2.24. The molecule has 6 nitrogen and oxygen atoms in total. The molecule has 3 rings (SSSR count). The molecule has 1 aromatic carbocycles. The number of nitrogens with zero attached hydrogens (tertiary/aromatic N) is 1. The molecule has 26 heavy (non-hydrogen) atoms. The van der Waals surface area contributed by atoms with Crippen LogP contribution in [0.3, 0.4) is 0 Å². The number of sulfonamides is 1. The van der Waals surface area contributed by atoms with Gasteiger partial charge in [0, 0.05) is 39.3 Å². The molecule has 1 aliphatic heterocycles. The second-order valence-corrected chi connectivity index (χ2v) is 8.86. The molecule has 1 fully saturated rings. The average molecular weight is 381 g/mol. The molecule has 0 bridgehead atoms. The van der Waals surface area contributed by atoms with Crippen LogP contribution in [0.1, 0.15) is 43.7 Å². The van der Waals surface area contributed by atoms with Gasteiger partial charge in [0.2, 0.25) is 15.9 Å². The third kappa shape index (κ3) is 4.64. The van der Waals surface area contributed by atoms with Crippen molar-refractivity contribution in [3.8, 4) is 0 Å². The van der Waals surface area contributed by atoms with Crippen LogP contribution in [-0.4, -0.2) is 51.6 Å². The molecule has 7 heteroatoms. The molecule has 1 heterocycles. The van der Waals surface area contributed by atoms with Crippen LogP contribution in [0.15, 0.2) is 23.1 Å². The van der Waals surface area contributed by atoms with Gasteiger partial charge in [-0.15, -0.1) is 0 Å². The Balaban J connectivity index is 1.61. The number of hydrogen-bond acceptors (Lipinski definition) is 4. The van der Waals surface area contributed by atoms with Crippen molar-refractivity contribution in [2.45, 2.75) is 56.4 Å². The Morgan fingerprint density at radius 1 is 1.19 bits per heavy atom. The molecule has 0 saturated carbocycles. The van der Waals surface area contributed by atoms with Gasteiger partial charge in [-0.05, 0) is 61.8 Å². The van der Waals surface area contributed by atoms with E-state index in [1.165, 1.54) is 18.9 Å². The molecule has 1 aromatic rings. The summed E-state index contributed by atoms with van der Waals surface area (Å²) in [7, 11) is -3.56. The second-order valence-electron chi connectivity index (χ2n) is 7.09. The maximum Gasteiger partial charge on any atom is 0.240 e. The fourth-order valence-electron chi connectivity index (χ4n) is 3.85. The molecular formula is C19H28N2O4S. The molecule has 0 atom stereocenters. The number of benzene rings is 1. The number of aryl methyl sites for hydroxylation is 2. The van der Waals surface area contributed by atoms with E-state index in [4.69, 9.17) is 4.74 Å². The van der Waals surface area contributed by atoms with Gasteiger partial charge in [-0.2, -0.15) is 0 Å². The van der Waals surface area contributed by atoms with Crippen LogP contribution in [-0.2, 0) is 32.4 Å². The fraction of sp³-hybridized carbons (Fsp3) is 0.632. The van der Waals surface area contributed by atoms with Crippen LogP contribution >= 0.6 is 0 Å². The molecule has 0 aromatic heterocycles. The standard InChI is InChI=1S/C19H28N2O4S/c1-15(22)21(18-8-12-25-13-9-18)11-10-20-26(23,24)19-7-6-16-4-2-3-5-17(16)14-19/h6-7,14,18,20H,2-5,8-13H2,1H3. The number of fused-ring (bicyclic) bond motifs is 1. The van der Waals surface area contributed by atoms with Gasteiger partial charge in [-0.25, -0.2) is 13.1 Å². The average Bonchev–Trinajstić information content (AvgIpc) is 2.65. The first-order valence-electron chi connectivity index (χ1n) is 9.44. The van der Waals surface area contributed by atoms with E-state index in [-0.39, 0.29) is 18.5 Å². The lowest BCUT2D eigenvalue weighted by molar-refractivity contribution is -0.132. The third-order valence-electron chi connectivity index (χ3n) is 5.31. The predicted molar refractivity (Wildman–Crippen MR) is 99.5 cm³/mol. The van der Waals surface area contributed by atoms with Gasteiger partial charge in [-0.3, -0.25) is 4.79 Å². The topological polar surface area (TPSA) is 75.7 Å². The summed E-state index contributed by atoms with van der Waals surface area (Å²) < 4.78 is 33.2. The quantitative estimate of drug-likeness (QED) is 0.817. The second kappa shape index (κ2) is 8.50. The Bertz CT molecular complexity index is 742. The smallest absolute Gasteiger partial charge is 0.240 e. The molecule has 0 spiro atoms. The zero-order valence-corrected chi connectivity index (χ0v) is 16.2. The van der Waals surface area contributed by atoms with Gasteiger partial charge in [0.1, 0.15) is 0 Å². The summed E-state index contributed by atoms with van der Waals surface area (Å²) in [5.74, 6) is -0.0233. The van der Waals surface area contributed by atoms with Crippen LogP contribution in [0, 0.1) is 0 Å². The Kier molecular flexibility index (Phi) is 6.32. The first-order valence-corrected chi connectivity index (χ1v) is 10.9. The summed E-state index contributed by atoms with van der Waals surface area (Å²) in [6.07, 6.45) is 5.86. The van der Waals surface area contributed by atoms with Crippen molar-refractivity contribution >= 4 is 15.9 Å². The van der Waals surface area contributed by atoms with Crippen LogP contribution in [0.2, 0.25) is 0 Å². The summed E-state index contributed by atoms with van der Waals surface area (Å²) in [5, 5.41) is 0. The lowest BCUT2D eigenvalue weighted by atomic mass is 9.92. The maximum atomic E-state index is 12.6. The highest BCUT2D eigenvalue weighted by Gasteiger charge is 2.24. The minimum atomic E-state index is -3.56. The molecule has 1 amide bonds. The first-order chi connectivity index (χ1) is 12.5. The maximum absolute atomic E-state index is 12.6. The van der Waals surface area contributed by atoms with Crippen molar-refractivity contribution in [3.05, 3.63) is 29.3 Å². The molecular weight excluding hydrogens is 352 g/mol. The highest BCUT2D eigenvalue weighted by molar-refractivity contribution is 7.89. The molecule has 2 aliphatic rings. The largest absolute Gasteiger partial charge is 0.381 e. The van der Waals surface area contributed by atoms with Gasteiger partial charge in [0.05, 0.1) is 4.90 Å². The molecule has 0 radical (unpaired) electrons. The minimum Gasteiger partial charge on any atom is -0.381 e. The number of carbonyl (C=O) groups is 1. The van der Waals surface area contributed by atoms with Crippen molar-refractivity contribution in [2.75, 3.05) is 26.3 Å². The van der Waals surface area contributed by atoms with E-state index in [9.17, 15) is 13.2 Å². The minimum absolute atomic E-state index is 0.0233. The summed E-state index contributed by atoms with van der Waals surface area (Å²) >= 11 is 0. The van der Waals surface area contributed by atoms with Crippen molar-refractivity contribution in [1.82, 2.24) is 9.62 Å². The zero-order chi connectivity index (χ0) is 18.6. The number of nitrogens with one attached hydrogen (secondary N) is 1. The van der Waals surface area contributed by atoms with E-state index in [0.29, 0.717) is 24.7 Å². The molecule has 144 valence electrons. The van der Waals surface area contributed by atoms with E-state index in [1.807, 2.05) is 6.07 Å². The number of ether oxygens (including phenoxy) is 1. The molecule has 1 N–H and O–H groups in total. The van der Waals surface area contributed by atoms with Crippen LogP contribution in [0.5, 0.6) is 0 Å². The molecule has 1 saturated heterocycles. The van der Waals surface area contributed by atoms with Crippen molar-refractivity contribution < 1.29 is 17.9 Å². The lowest BCUT2D eigenvalue weighted by Crippen LogP contribution is -2.46. The van der Waals surface area contributed by atoms with E-state index >= 15 is 0 Å². The fourth-order valence-corrected chi connectivity index (χ4v) is 4.93. The molecule has 0 unspecified atom stereocenters. The Labute approximate surface area is 156 Å². The SMILES string of the molecule is CC(=O)N(CCNS(=O)(=O)c1ccc2c(c1)CCCC2)C1CCOCC1.